The van der Waals surface area contributed by atoms with Gasteiger partial charge in [0.2, 0.25) is 0 Å². The van der Waals surface area contributed by atoms with Crippen molar-refractivity contribution in [3.63, 3.8) is 0 Å². The van der Waals surface area contributed by atoms with Crippen molar-refractivity contribution >= 4 is 45.2 Å². The van der Waals surface area contributed by atoms with Crippen molar-refractivity contribution in [1.82, 2.24) is 9.97 Å². The van der Waals surface area contributed by atoms with Crippen LogP contribution >= 0.6 is 0 Å². The number of phenolic OH excluding ortho intramolecular Hbond substituents is 1. The molecule has 0 fully saturated rings. The summed E-state index contributed by atoms with van der Waals surface area (Å²) in [4.78, 5) is 14.8. The zero-order valence-corrected chi connectivity index (χ0v) is 31.7. The molecule has 3 heterocycles. The van der Waals surface area contributed by atoms with Gasteiger partial charge in [-0.15, -0.1) is 0 Å². The fourth-order valence-electron chi connectivity index (χ4n) is 8.58. The Morgan fingerprint density at radius 2 is 1.25 bits per heavy atom. The Balaban J connectivity index is 1.27. The molecule has 0 unspecified atom stereocenters. The Labute approximate surface area is 322 Å². The highest BCUT2D eigenvalue weighted by atomic mass is 16.3. The molecule has 268 valence electrons. The standard InChI is InChI=1S/C50H42N4O/c1-32-27-33(2)48(34(3)28-32)36-25-26-51-47(30-36)54-43-21-13-12-20-40(43)50(4,5)41-24-23-35(29-45(41)54)42-31-44(39-19-14-22-46(55)49(39)52-42)53(37-15-8-6-9-16-37)38-17-10-7-11-18-38/h6-31,55H,1-5H3. The van der Waals surface area contributed by atoms with Gasteiger partial charge in [-0.25, -0.2) is 9.97 Å². The fourth-order valence-corrected chi connectivity index (χ4v) is 8.58. The molecule has 0 bridgehead atoms. The highest BCUT2D eigenvalue weighted by Gasteiger charge is 2.37. The van der Waals surface area contributed by atoms with Crippen molar-refractivity contribution < 1.29 is 5.11 Å². The predicted molar refractivity (Wildman–Crippen MR) is 228 cm³/mol. The molecule has 0 spiro atoms. The second-order valence-electron chi connectivity index (χ2n) is 15.1. The Kier molecular flexibility index (Phi) is 8.24. The SMILES string of the molecule is Cc1cc(C)c(-c2ccnc(N3c4ccccc4C(C)(C)c4ccc(-c5cc(N(c6ccccc6)c6ccccc6)c6cccc(O)c6n5)cc43)c2)c(C)c1. The van der Waals surface area contributed by atoms with Gasteiger partial charge in [0, 0.05) is 33.9 Å². The van der Waals surface area contributed by atoms with E-state index in [1.54, 1.807) is 6.07 Å². The van der Waals surface area contributed by atoms with Gasteiger partial charge in [-0.2, -0.15) is 0 Å². The van der Waals surface area contributed by atoms with E-state index in [9.17, 15) is 5.11 Å². The van der Waals surface area contributed by atoms with E-state index in [0.29, 0.717) is 5.52 Å². The summed E-state index contributed by atoms with van der Waals surface area (Å²) in [6.45, 7) is 11.1. The lowest BCUT2D eigenvalue weighted by atomic mass is 9.73. The summed E-state index contributed by atoms with van der Waals surface area (Å²) in [5, 5.41) is 12.2. The molecule has 0 atom stereocenters. The van der Waals surface area contributed by atoms with Gasteiger partial charge in [-0.3, -0.25) is 4.90 Å². The first kappa shape index (κ1) is 34.1. The van der Waals surface area contributed by atoms with Gasteiger partial charge < -0.3 is 10.0 Å². The van der Waals surface area contributed by atoms with E-state index in [-0.39, 0.29) is 11.2 Å². The number of aryl methyl sites for hydroxylation is 3. The summed E-state index contributed by atoms with van der Waals surface area (Å²) in [6.07, 6.45) is 1.93. The number of para-hydroxylation sites is 4. The minimum absolute atomic E-state index is 0.138. The number of pyridine rings is 2. The van der Waals surface area contributed by atoms with Gasteiger partial charge in [0.25, 0.3) is 0 Å². The molecule has 0 radical (unpaired) electrons. The van der Waals surface area contributed by atoms with Crippen LogP contribution in [0.1, 0.15) is 41.7 Å². The van der Waals surface area contributed by atoms with Crippen molar-refractivity contribution in [1.29, 1.82) is 0 Å². The van der Waals surface area contributed by atoms with Crippen LogP contribution in [-0.4, -0.2) is 15.1 Å². The zero-order chi connectivity index (χ0) is 37.8. The summed E-state index contributed by atoms with van der Waals surface area (Å²) in [5.74, 6) is 0.987. The number of aromatic hydroxyl groups is 1. The van der Waals surface area contributed by atoms with Gasteiger partial charge in [-0.1, -0.05) is 110 Å². The van der Waals surface area contributed by atoms with Gasteiger partial charge in [-0.05, 0) is 115 Å². The van der Waals surface area contributed by atoms with Gasteiger partial charge in [0.1, 0.15) is 17.1 Å². The van der Waals surface area contributed by atoms with Gasteiger partial charge in [0.15, 0.2) is 0 Å². The van der Waals surface area contributed by atoms with Crippen LogP contribution in [0.5, 0.6) is 5.75 Å². The molecule has 5 nitrogen and oxygen atoms in total. The van der Waals surface area contributed by atoms with Crippen molar-refractivity contribution in [3.05, 3.63) is 186 Å². The summed E-state index contributed by atoms with van der Waals surface area (Å²) in [7, 11) is 0. The minimum Gasteiger partial charge on any atom is -0.506 e. The maximum atomic E-state index is 11.3. The number of nitrogens with zero attached hydrogens (tertiary/aromatic N) is 4. The Hall–Kier alpha value is -6.72. The smallest absolute Gasteiger partial charge is 0.141 e. The predicted octanol–water partition coefficient (Wildman–Crippen LogP) is 13.2. The maximum absolute atomic E-state index is 11.3. The Morgan fingerprint density at radius 1 is 0.600 bits per heavy atom. The van der Waals surface area contributed by atoms with Crippen LogP contribution in [0.2, 0.25) is 0 Å². The van der Waals surface area contributed by atoms with Crippen LogP contribution in [0.15, 0.2) is 158 Å². The molecular weight excluding hydrogens is 673 g/mol. The number of hydrogen-bond acceptors (Lipinski definition) is 5. The Bertz CT molecular complexity index is 2680. The highest BCUT2D eigenvalue weighted by molar-refractivity contribution is 6.01. The van der Waals surface area contributed by atoms with Gasteiger partial charge >= 0.3 is 0 Å². The maximum Gasteiger partial charge on any atom is 0.141 e. The van der Waals surface area contributed by atoms with E-state index in [1.165, 1.54) is 33.4 Å². The van der Waals surface area contributed by atoms with Crippen LogP contribution in [0.25, 0.3) is 33.3 Å². The number of rotatable bonds is 6. The molecule has 1 aliphatic heterocycles. The average Bonchev–Trinajstić information content (AvgIpc) is 3.19. The molecule has 9 rings (SSSR count). The van der Waals surface area contributed by atoms with Gasteiger partial charge in [0.05, 0.1) is 22.8 Å². The van der Waals surface area contributed by atoms with E-state index >= 15 is 0 Å². The topological polar surface area (TPSA) is 52.5 Å². The summed E-state index contributed by atoms with van der Waals surface area (Å²) in [5.41, 5.74) is 15.6. The number of hydrogen-bond donors (Lipinski definition) is 1. The van der Waals surface area contributed by atoms with E-state index in [0.717, 1.165) is 56.5 Å². The number of fused-ring (bicyclic) bond motifs is 3. The van der Waals surface area contributed by atoms with Crippen molar-refractivity contribution in [3.8, 4) is 28.1 Å². The van der Waals surface area contributed by atoms with E-state index in [4.69, 9.17) is 9.97 Å². The van der Waals surface area contributed by atoms with Crippen LogP contribution in [0.4, 0.5) is 34.3 Å². The number of anilines is 6. The quantitative estimate of drug-likeness (QED) is 0.186. The van der Waals surface area contributed by atoms with E-state index in [2.05, 4.69) is 166 Å². The molecule has 0 saturated carbocycles. The minimum atomic E-state index is -0.277. The van der Waals surface area contributed by atoms with Crippen molar-refractivity contribution in [2.75, 3.05) is 9.80 Å². The first-order chi connectivity index (χ1) is 26.7. The second-order valence-corrected chi connectivity index (χ2v) is 15.1. The van der Waals surface area contributed by atoms with Crippen LogP contribution in [0, 0.1) is 20.8 Å². The van der Waals surface area contributed by atoms with Crippen molar-refractivity contribution in [2.45, 2.75) is 40.0 Å². The monoisotopic (exact) mass is 714 g/mol. The average molecular weight is 715 g/mol. The lowest BCUT2D eigenvalue weighted by Crippen LogP contribution is -2.31. The normalized spacial score (nSPS) is 13.0. The number of benzene rings is 6. The summed E-state index contributed by atoms with van der Waals surface area (Å²) < 4.78 is 0. The molecule has 2 aromatic heterocycles. The molecule has 6 aromatic carbocycles. The second kappa shape index (κ2) is 13.3. The molecule has 0 amide bonds. The molecule has 1 N–H and O–H groups in total. The zero-order valence-electron chi connectivity index (χ0n) is 31.7. The fraction of sp³-hybridized carbons (Fsp3) is 0.120. The molecule has 8 aromatic rings. The Morgan fingerprint density at radius 3 is 1.96 bits per heavy atom. The van der Waals surface area contributed by atoms with Crippen LogP contribution in [-0.2, 0) is 5.41 Å². The first-order valence-corrected chi connectivity index (χ1v) is 18.8. The molecule has 0 saturated heterocycles. The van der Waals surface area contributed by atoms with E-state index in [1.807, 2.05) is 30.5 Å². The largest absolute Gasteiger partial charge is 0.506 e. The molecule has 55 heavy (non-hydrogen) atoms. The summed E-state index contributed by atoms with van der Waals surface area (Å²) >= 11 is 0. The highest BCUT2D eigenvalue weighted by Crippen LogP contribution is 2.53. The first-order valence-electron chi connectivity index (χ1n) is 18.8. The molecule has 1 aliphatic rings. The van der Waals surface area contributed by atoms with Crippen LogP contribution < -0.4 is 9.80 Å². The third kappa shape index (κ3) is 5.80. The number of phenols is 1. The molecule has 0 aliphatic carbocycles. The molecule has 5 heteroatoms. The summed E-state index contributed by atoms with van der Waals surface area (Å²) in [6, 6.07) is 52.6. The van der Waals surface area contributed by atoms with E-state index < -0.39 is 0 Å². The molecular formula is C50H42N4O. The van der Waals surface area contributed by atoms with Crippen LogP contribution in [0.3, 0.4) is 0 Å². The third-order valence-electron chi connectivity index (χ3n) is 11.0. The third-order valence-corrected chi connectivity index (χ3v) is 11.0. The van der Waals surface area contributed by atoms with Crippen molar-refractivity contribution in [2.24, 2.45) is 0 Å². The lowest BCUT2D eigenvalue weighted by Gasteiger charge is -2.41. The lowest BCUT2D eigenvalue weighted by molar-refractivity contribution is 0.480. The number of aromatic nitrogens is 2.